The van der Waals surface area contributed by atoms with E-state index in [1.165, 1.54) is 173 Å². The number of allylic oxidation sites excluding steroid dienone is 9. The minimum absolute atomic E-state index is 0.100. The van der Waals surface area contributed by atoms with Crippen molar-refractivity contribution in [3.8, 4) is 0 Å². The van der Waals surface area contributed by atoms with Crippen LogP contribution in [0.1, 0.15) is 284 Å². The van der Waals surface area contributed by atoms with Crippen molar-refractivity contribution in [3.63, 3.8) is 0 Å². The standard InChI is InChI=1S/C60H106O6/c1-4-7-10-13-16-18-20-22-24-25-26-27-28-29-30-31-32-33-34-35-37-38-40-42-44-47-50-53-59(62)65-56-57(55-64-58(61)52-49-46-15-12-9-6-3)66-60(63)54-51-48-45-43-41-39-36-23-21-19-17-14-11-8-5-2/h8,11,17,19,23,36,41,43,48,51,57H,4-7,9-10,12-16,18,20-22,24-35,37-40,42,44-47,49-50,52-56H2,1-3H3/b11-8-,19-17-,36-23-,43-41-,51-48-. The van der Waals surface area contributed by atoms with Gasteiger partial charge in [0.25, 0.3) is 0 Å². The van der Waals surface area contributed by atoms with Crippen LogP contribution in [0.3, 0.4) is 0 Å². The first kappa shape index (κ1) is 63.1. The number of ether oxygens (including phenoxy) is 3. The molecule has 0 aliphatic rings. The normalized spacial score (nSPS) is 12.5. The van der Waals surface area contributed by atoms with Crippen molar-refractivity contribution in [3.05, 3.63) is 60.8 Å². The highest BCUT2D eigenvalue weighted by molar-refractivity contribution is 5.72. The summed E-state index contributed by atoms with van der Waals surface area (Å²) >= 11 is 0. The molecule has 0 aromatic rings. The van der Waals surface area contributed by atoms with Gasteiger partial charge in [0.2, 0.25) is 0 Å². The number of carbonyl (C=O) groups is 3. The molecule has 0 aromatic heterocycles. The van der Waals surface area contributed by atoms with Crippen molar-refractivity contribution >= 4 is 17.9 Å². The SMILES string of the molecule is CC/C=C\C/C=C\C/C=C\C/C=C\C/C=C\CC(=O)OC(COC(=O)CCCCCCCC)COC(=O)CCCCCCCCCCCCCCCCCCCCCCCCCCCCC. The maximum absolute atomic E-state index is 12.7. The van der Waals surface area contributed by atoms with Gasteiger partial charge in [0, 0.05) is 12.8 Å². The van der Waals surface area contributed by atoms with Crippen LogP contribution in [0.5, 0.6) is 0 Å². The van der Waals surface area contributed by atoms with E-state index in [-0.39, 0.29) is 31.6 Å². The minimum Gasteiger partial charge on any atom is -0.462 e. The highest BCUT2D eigenvalue weighted by Crippen LogP contribution is 2.17. The summed E-state index contributed by atoms with van der Waals surface area (Å²) in [5.74, 6) is -1.04. The quantitative estimate of drug-likeness (QED) is 0.0262. The highest BCUT2D eigenvalue weighted by atomic mass is 16.6. The summed E-state index contributed by atoms with van der Waals surface area (Å²) in [6.45, 7) is 6.40. The molecule has 0 spiro atoms. The fourth-order valence-electron chi connectivity index (χ4n) is 8.11. The lowest BCUT2D eigenvalue weighted by molar-refractivity contribution is -0.166. The number of hydrogen-bond acceptors (Lipinski definition) is 6. The van der Waals surface area contributed by atoms with Crippen molar-refractivity contribution in [2.75, 3.05) is 13.2 Å². The Morgan fingerprint density at radius 3 is 0.864 bits per heavy atom. The first-order chi connectivity index (χ1) is 32.5. The van der Waals surface area contributed by atoms with Crippen LogP contribution in [-0.2, 0) is 28.6 Å². The van der Waals surface area contributed by atoms with Gasteiger partial charge in [-0.25, -0.2) is 0 Å². The first-order valence-electron chi connectivity index (χ1n) is 28.3. The van der Waals surface area contributed by atoms with Gasteiger partial charge in [-0.05, 0) is 44.9 Å². The Bertz CT molecular complexity index is 1200. The van der Waals surface area contributed by atoms with Crippen molar-refractivity contribution < 1.29 is 28.6 Å². The Labute approximate surface area is 409 Å². The average Bonchev–Trinajstić information content (AvgIpc) is 3.31. The van der Waals surface area contributed by atoms with E-state index in [1.54, 1.807) is 6.08 Å². The molecule has 0 aliphatic heterocycles. The summed E-state index contributed by atoms with van der Waals surface area (Å²) in [7, 11) is 0. The zero-order chi connectivity index (χ0) is 47.9. The number of rotatable bonds is 51. The second-order valence-electron chi connectivity index (χ2n) is 18.9. The van der Waals surface area contributed by atoms with Crippen molar-refractivity contribution in [1.29, 1.82) is 0 Å². The zero-order valence-electron chi connectivity index (χ0n) is 43.7. The van der Waals surface area contributed by atoms with E-state index in [1.807, 2.05) is 6.08 Å². The van der Waals surface area contributed by atoms with Crippen molar-refractivity contribution in [1.82, 2.24) is 0 Å². The Morgan fingerprint density at radius 1 is 0.318 bits per heavy atom. The monoisotopic (exact) mass is 923 g/mol. The molecule has 1 unspecified atom stereocenters. The molecule has 0 bridgehead atoms. The Morgan fingerprint density at radius 2 is 0.576 bits per heavy atom. The minimum atomic E-state index is -0.823. The van der Waals surface area contributed by atoms with E-state index in [9.17, 15) is 14.4 Å². The van der Waals surface area contributed by atoms with E-state index in [2.05, 4.69) is 69.4 Å². The van der Waals surface area contributed by atoms with E-state index in [4.69, 9.17) is 14.2 Å². The summed E-state index contributed by atoms with van der Waals surface area (Å²) in [5, 5.41) is 0. The van der Waals surface area contributed by atoms with Gasteiger partial charge in [-0.2, -0.15) is 0 Å². The molecular formula is C60H106O6. The maximum Gasteiger partial charge on any atom is 0.310 e. The van der Waals surface area contributed by atoms with Crippen LogP contribution in [0.4, 0.5) is 0 Å². The lowest BCUT2D eigenvalue weighted by atomic mass is 10.0. The van der Waals surface area contributed by atoms with Gasteiger partial charge in [0.15, 0.2) is 6.10 Å². The largest absolute Gasteiger partial charge is 0.462 e. The summed E-state index contributed by atoms with van der Waals surface area (Å²) in [4.78, 5) is 37.7. The second kappa shape index (κ2) is 54.7. The molecule has 0 aromatic carbocycles. The van der Waals surface area contributed by atoms with Crippen molar-refractivity contribution in [2.45, 2.75) is 290 Å². The van der Waals surface area contributed by atoms with Gasteiger partial charge in [0.1, 0.15) is 13.2 Å². The molecule has 1 atom stereocenters. The summed E-state index contributed by atoms with van der Waals surface area (Å²) in [6.07, 6.45) is 68.7. The van der Waals surface area contributed by atoms with Crippen LogP contribution in [-0.4, -0.2) is 37.2 Å². The Hall–Kier alpha value is -2.89. The zero-order valence-corrected chi connectivity index (χ0v) is 43.7. The molecule has 6 nitrogen and oxygen atoms in total. The molecule has 6 heteroatoms. The van der Waals surface area contributed by atoms with Gasteiger partial charge in [-0.1, -0.05) is 281 Å². The lowest BCUT2D eigenvalue weighted by Crippen LogP contribution is -2.30. The number of unbranched alkanes of at least 4 members (excludes halogenated alkanes) is 31. The molecule has 66 heavy (non-hydrogen) atoms. The third-order valence-corrected chi connectivity index (χ3v) is 12.3. The molecule has 0 heterocycles. The van der Waals surface area contributed by atoms with Crippen LogP contribution in [0, 0.1) is 0 Å². The fraction of sp³-hybridized carbons (Fsp3) is 0.783. The van der Waals surface area contributed by atoms with Crippen molar-refractivity contribution in [2.24, 2.45) is 0 Å². The molecule has 0 saturated carbocycles. The molecule has 0 amide bonds. The maximum atomic E-state index is 12.7. The van der Waals surface area contributed by atoms with Gasteiger partial charge in [0.05, 0.1) is 6.42 Å². The smallest absolute Gasteiger partial charge is 0.310 e. The van der Waals surface area contributed by atoms with Crippen LogP contribution < -0.4 is 0 Å². The van der Waals surface area contributed by atoms with Crippen LogP contribution >= 0.6 is 0 Å². The topological polar surface area (TPSA) is 78.9 Å². The highest BCUT2D eigenvalue weighted by Gasteiger charge is 2.19. The molecule has 0 rings (SSSR count). The summed E-state index contributed by atoms with van der Waals surface area (Å²) in [5.41, 5.74) is 0. The Kier molecular flexibility index (Phi) is 52.3. The Balaban J connectivity index is 4.10. The first-order valence-corrected chi connectivity index (χ1v) is 28.3. The molecule has 0 aliphatic carbocycles. The van der Waals surface area contributed by atoms with Gasteiger partial charge >= 0.3 is 17.9 Å². The summed E-state index contributed by atoms with van der Waals surface area (Å²) < 4.78 is 16.6. The number of carbonyl (C=O) groups excluding carboxylic acids is 3. The van der Waals surface area contributed by atoms with E-state index < -0.39 is 12.1 Å². The predicted octanol–water partition coefficient (Wildman–Crippen LogP) is 18.8. The predicted molar refractivity (Wildman–Crippen MR) is 284 cm³/mol. The molecule has 0 fully saturated rings. The fourth-order valence-corrected chi connectivity index (χ4v) is 8.11. The second-order valence-corrected chi connectivity index (χ2v) is 18.9. The summed E-state index contributed by atoms with van der Waals surface area (Å²) in [6, 6.07) is 0. The number of esters is 3. The van der Waals surface area contributed by atoms with E-state index in [0.29, 0.717) is 12.8 Å². The van der Waals surface area contributed by atoms with Crippen LogP contribution in [0.2, 0.25) is 0 Å². The van der Waals surface area contributed by atoms with E-state index >= 15 is 0 Å². The van der Waals surface area contributed by atoms with E-state index in [0.717, 1.165) is 70.6 Å². The third kappa shape index (κ3) is 52.1. The van der Waals surface area contributed by atoms with Crippen LogP contribution in [0.15, 0.2) is 60.8 Å². The molecule has 0 N–H and O–H groups in total. The molecule has 382 valence electrons. The lowest BCUT2D eigenvalue weighted by Gasteiger charge is -2.18. The van der Waals surface area contributed by atoms with Gasteiger partial charge in [-0.3, -0.25) is 14.4 Å². The molecule has 0 radical (unpaired) electrons. The number of hydrogen-bond donors (Lipinski definition) is 0. The average molecular weight is 924 g/mol. The molecule has 0 saturated heterocycles. The van der Waals surface area contributed by atoms with Crippen LogP contribution in [0.25, 0.3) is 0 Å². The van der Waals surface area contributed by atoms with Gasteiger partial charge < -0.3 is 14.2 Å². The third-order valence-electron chi connectivity index (χ3n) is 12.3. The molecular weight excluding hydrogens is 817 g/mol. The van der Waals surface area contributed by atoms with Gasteiger partial charge in [-0.15, -0.1) is 0 Å².